The Morgan fingerprint density at radius 1 is 2.00 bits per heavy atom. The molecule has 0 aromatic carbocycles. The van der Waals surface area contributed by atoms with Crippen molar-refractivity contribution in [2.75, 3.05) is 13.1 Å². The molecule has 0 aliphatic carbocycles. The van der Waals surface area contributed by atoms with Gasteiger partial charge in [-0.15, -0.1) is 6.42 Å². The summed E-state index contributed by atoms with van der Waals surface area (Å²) >= 11 is 1.85. The monoisotopic (exact) mass is 140 g/mol. The maximum Gasteiger partial charge on any atom is 0.203 e. The minimum atomic E-state index is 0.721. The summed E-state index contributed by atoms with van der Waals surface area (Å²) in [6.45, 7) is 4.07. The van der Waals surface area contributed by atoms with Crippen LogP contribution in [-0.4, -0.2) is 28.5 Å². The second-order valence-electron chi connectivity index (χ2n) is 2.19. The van der Waals surface area contributed by atoms with Crippen molar-refractivity contribution in [3.63, 3.8) is 0 Å². The first-order valence-corrected chi connectivity index (χ1v) is 3.93. The minimum Gasteiger partial charge on any atom is -0.218 e. The summed E-state index contributed by atoms with van der Waals surface area (Å²) in [6.07, 6.45) is 5.13. The van der Waals surface area contributed by atoms with Gasteiger partial charge in [-0.25, -0.2) is 4.58 Å². The van der Waals surface area contributed by atoms with Gasteiger partial charge in [0.2, 0.25) is 6.54 Å². The van der Waals surface area contributed by atoms with Crippen molar-refractivity contribution in [3.05, 3.63) is 0 Å². The predicted molar refractivity (Wildman–Crippen MR) is 41.9 cm³/mol. The standard InChI is InChI=1S/C7H10NS/c1-3-4-8-5-7(2)9-6-8/h1,6-7H,4-5H2,2H3/q+1. The Morgan fingerprint density at radius 2 is 2.78 bits per heavy atom. The van der Waals surface area contributed by atoms with Crippen molar-refractivity contribution in [3.8, 4) is 12.3 Å². The highest BCUT2D eigenvalue weighted by Gasteiger charge is 2.17. The lowest BCUT2D eigenvalue weighted by Gasteiger charge is -1.91. The van der Waals surface area contributed by atoms with Crippen LogP contribution in [0.5, 0.6) is 0 Å². The largest absolute Gasteiger partial charge is 0.218 e. The fraction of sp³-hybridized carbons (Fsp3) is 0.571. The maximum atomic E-state index is 5.13. The smallest absolute Gasteiger partial charge is 0.203 e. The van der Waals surface area contributed by atoms with Gasteiger partial charge in [0.05, 0.1) is 5.25 Å². The quantitative estimate of drug-likeness (QED) is 0.384. The van der Waals surface area contributed by atoms with E-state index in [9.17, 15) is 0 Å². The van der Waals surface area contributed by atoms with E-state index < -0.39 is 0 Å². The van der Waals surface area contributed by atoms with Gasteiger partial charge in [-0.1, -0.05) is 11.8 Å². The minimum absolute atomic E-state index is 0.721. The summed E-state index contributed by atoms with van der Waals surface area (Å²) < 4.78 is 2.16. The van der Waals surface area contributed by atoms with Crippen LogP contribution in [0.3, 0.4) is 0 Å². The van der Waals surface area contributed by atoms with Crippen LogP contribution in [0.1, 0.15) is 6.92 Å². The van der Waals surface area contributed by atoms with Crippen LogP contribution in [0, 0.1) is 12.3 Å². The van der Waals surface area contributed by atoms with E-state index in [1.807, 2.05) is 11.8 Å². The molecule has 2 heteroatoms. The van der Waals surface area contributed by atoms with Crippen LogP contribution in [0.4, 0.5) is 0 Å². The van der Waals surface area contributed by atoms with E-state index >= 15 is 0 Å². The molecule has 0 saturated carbocycles. The number of nitrogens with zero attached hydrogens (tertiary/aromatic N) is 1. The molecule has 0 aromatic heterocycles. The van der Waals surface area contributed by atoms with Crippen molar-refractivity contribution in [2.45, 2.75) is 12.2 Å². The maximum absolute atomic E-state index is 5.13. The zero-order chi connectivity index (χ0) is 6.69. The first-order valence-electron chi connectivity index (χ1n) is 2.99. The summed E-state index contributed by atoms with van der Waals surface area (Å²) in [7, 11) is 0. The summed E-state index contributed by atoms with van der Waals surface area (Å²) in [4.78, 5) is 0. The first-order chi connectivity index (χ1) is 4.33. The number of hydrogen-bond donors (Lipinski definition) is 0. The number of thioether (sulfide) groups is 1. The molecule has 9 heavy (non-hydrogen) atoms. The molecule has 1 nitrogen and oxygen atoms in total. The molecular formula is C7H10NS+. The number of terminal acetylenes is 1. The van der Waals surface area contributed by atoms with Gasteiger partial charge in [-0.2, -0.15) is 0 Å². The fourth-order valence-corrected chi connectivity index (χ4v) is 1.64. The van der Waals surface area contributed by atoms with E-state index in [4.69, 9.17) is 6.42 Å². The summed E-state index contributed by atoms with van der Waals surface area (Å²) in [5.74, 6) is 2.61. The van der Waals surface area contributed by atoms with Gasteiger partial charge in [-0.3, -0.25) is 0 Å². The Morgan fingerprint density at radius 3 is 3.22 bits per heavy atom. The molecule has 0 fully saturated rings. The van der Waals surface area contributed by atoms with Gasteiger partial charge in [0.1, 0.15) is 0 Å². The third kappa shape index (κ3) is 1.76. The Labute approximate surface area is 60.2 Å². The molecule has 1 atom stereocenters. The van der Waals surface area contributed by atoms with Crippen LogP contribution in [0.15, 0.2) is 0 Å². The molecule has 0 spiro atoms. The second kappa shape index (κ2) is 2.93. The number of hydrogen-bond acceptors (Lipinski definition) is 1. The van der Waals surface area contributed by atoms with Crippen LogP contribution in [0.2, 0.25) is 0 Å². The van der Waals surface area contributed by atoms with Crippen molar-refractivity contribution >= 4 is 17.3 Å². The van der Waals surface area contributed by atoms with Gasteiger partial charge in [-0.05, 0) is 12.8 Å². The fourth-order valence-electron chi connectivity index (χ4n) is 0.825. The van der Waals surface area contributed by atoms with Crippen molar-refractivity contribution in [1.82, 2.24) is 0 Å². The molecule has 48 valence electrons. The summed E-state index contributed by atoms with van der Waals surface area (Å²) in [6, 6.07) is 0. The molecule has 1 aliphatic heterocycles. The van der Waals surface area contributed by atoms with Crippen molar-refractivity contribution < 1.29 is 4.58 Å². The average molecular weight is 140 g/mol. The Balaban J connectivity index is 2.38. The van der Waals surface area contributed by atoms with Crippen LogP contribution < -0.4 is 0 Å². The van der Waals surface area contributed by atoms with E-state index in [0.29, 0.717) is 0 Å². The molecule has 1 aliphatic rings. The topological polar surface area (TPSA) is 3.01 Å². The van der Waals surface area contributed by atoms with Crippen LogP contribution in [0.25, 0.3) is 0 Å². The van der Waals surface area contributed by atoms with E-state index in [0.717, 1.165) is 18.3 Å². The molecule has 0 bridgehead atoms. The average Bonchev–Trinajstić information content (AvgIpc) is 2.17. The first kappa shape index (κ1) is 6.70. The molecule has 1 unspecified atom stereocenters. The molecule has 0 saturated heterocycles. The zero-order valence-corrected chi connectivity index (χ0v) is 6.32. The van der Waals surface area contributed by atoms with Crippen molar-refractivity contribution in [1.29, 1.82) is 0 Å². The van der Waals surface area contributed by atoms with Crippen LogP contribution >= 0.6 is 11.8 Å². The summed E-state index contributed by atoms with van der Waals surface area (Å²) in [5.41, 5.74) is 2.12. The van der Waals surface area contributed by atoms with Gasteiger partial charge < -0.3 is 0 Å². The molecule has 0 aromatic rings. The van der Waals surface area contributed by atoms with Gasteiger partial charge in [0, 0.05) is 0 Å². The highest BCUT2D eigenvalue weighted by Crippen LogP contribution is 2.12. The predicted octanol–water partition coefficient (Wildman–Crippen LogP) is 0.796. The lowest BCUT2D eigenvalue weighted by atomic mass is 10.4. The SMILES string of the molecule is C#CC[N+]1=CSC(C)C1. The van der Waals surface area contributed by atoms with Gasteiger partial charge in [0.25, 0.3) is 0 Å². The molecule has 0 radical (unpaired) electrons. The number of rotatable bonds is 1. The van der Waals surface area contributed by atoms with E-state index in [-0.39, 0.29) is 0 Å². The van der Waals surface area contributed by atoms with Gasteiger partial charge >= 0.3 is 0 Å². The molecule has 0 amide bonds. The molecular weight excluding hydrogens is 130 g/mol. The Hall–Kier alpha value is -0.420. The third-order valence-corrected chi connectivity index (χ3v) is 2.26. The highest BCUT2D eigenvalue weighted by atomic mass is 32.2. The van der Waals surface area contributed by atoms with E-state index in [1.54, 1.807) is 0 Å². The lowest BCUT2D eigenvalue weighted by molar-refractivity contribution is -0.504. The normalized spacial score (nSPS) is 25.3. The van der Waals surface area contributed by atoms with E-state index in [2.05, 4.69) is 23.0 Å². The molecule has 1 rings (SSSR count). The molecule has 0 N–H and O–H groups in total. The van der Waals surface area contributed by atoms with Crippen LogP contribution in [-0.2, 0) is 0 Å². The van der Waals surface area contributed by atoms with E-state index in [1.165, 1.54) is 0 Å². The summed E-state index contributed by atoms with van der Waals surface area (Å²) in [5, 5.41) is 0.721. The van der Waals surface area contributed by atoms with Crippen molar-refractivity contribution in [2.24, 2.45) is 0 Å². The Bertz CT molecular complexity index is 166. The lowest BCUT2D eigenvalue weighted by Crippen LogP contribution is -2.13. The third-order valence-electron chi connectivity index (χ3n) is 1.23. The molecule has 1 heterocycles. The highest BCUT2D eigenvalue weighted by molar-refractivity contribution is 8.12. The van der Waals surface area contributed by atoms with Gasteiger partial charge in [0.15, 0.2) is 12.1 Å². The zero-order valence-electron chi connectivity index (χ0n) is 5.50. The second-order valence-corrected chi connectivity index (χ2v) is 3.47. The Kier molecular flexibility index (Phi) is 2.18.